The highest BCUT2D eigenvalue weighted by Crippen LogP contribution is 2.28. The summed E-state index contributed by atoms with van der Waals surface area (Å²) < 4.78 is 0. The zero-order chi connectivity index (χ0) is 10.1. The maximum atomic E-state index is 11.8. The van der Waals surface area contributed by atoms with E-state index in [2.05, 4.69) is 4.98 Å². The van der Waals surface area contributed by atoms with E-state index in [0.717, 1.165) is 18.7 Å². The minimum atomic E-state index is 0.123. The van der Waals surface area contributed by atoms with Gasteiger partial charge in [-0.15, -0.1) is 0 Å². The summed E-state index contributed by atoms with van der Waals surface area (Å²) in [6.45, 7) is 0. The zero-order valence-corrected chi connectivity index (χ0v) is 8.23. The van der Waals surface area contributed by atoms with Gasteiger partial charge in [-0.3, -0.25) is 4.79 Å². The van der Waals surface area contributed by atoms with Crippen molar-refractivity contribution in [2.24, 2.45) is 11.7 Å². The van der Waals surface area contributed by atoms with Crippen LogP contribution in [0, 0.1) is 5.92 Å². The van der Waals surface area contributed by atoms with Crippen LogP contribution in [0.15, 0.2) is 18.3 Å². The molecule has 0 atom stereocenters. The molecule has 1 aliphatic rings. The second-order valence-corrected chi connectivity index (χ2v) is 3.88. The molecular formula is C10H15N3O. The first-order valence-electron chi connectivity index (χ1n) is 4.85. The highest BCUT2D eigenvalue weighted by atomic mass is 16.2. The van der Waals surface area contributed by atoms with E-state index in [4.69, 9.17) is 5.73 Å². The number of anilines is 1. The second kappa shape index (κ2) is 3.46. The Kier molecular flexibility index (Phi) is 2.29. The first kappa shape index (κ1) is 9.27. The Hall–Kier alpha value is -1.29. The van der Waals surface area contributed by atoms with Crippen molar-refractivity contribution in [1.82, 2.24) is 4.98 Å². The molecule has 3 N–H and O–H groups in total. The maximum Gasteiger partial charge on any atom is 0.231 e. The van der Waals surface area contributed by atoms with E-state index in [1.807, 2.05) is 18.3 Å². The number of amides is 1. The monoisotopic (exact) mass is 193 g/mol. The largest absolute Gasteiger partial charge is 0.348 e. The molecule has 2 rings (SSSR count). The van der Waals surface area contributed by atoms with Crippen LogP contribution in [0.1, 0.15) is 12.8 Å². The van der Waals surface area contributed by atoms with Gasteiger partial charge in [0.2, 0.25) is 5.91 Å². The number of H-pyrrole nitrogens is 1. The predicted octanol–water partition coefficient (Wildman–Crippen LogP) is 0.715. The standard InChI is InChI=1S/C10H15N3O/c1-13(9-3-2-4-12-9)10(14)7-5-8(11)6-7/h2-4,7-8,12H,5-6,11H2,1H3. The molecule has 4 heteroatoms. The van der Waals surface area contributed by atoms with Crippen LogP contribution in [0.5, 0.6) is 0 Å². The van der Waals surface area contributed by atoms with Crippen molar-refractivity contribution in [2.45, 2.75) is 18.9 Å². The fraction of sp³-hybridized carbons (Fsp3) is 0.500. The highest BCUT2D eigenvalue weighted by Gasteiger charge is 2.34. The van der Waals surface area contributed by atoms with Crippen molar-refractivity contribution in [3.8, 4) is 0 Å². The summed E-state index contributed by atoms with van der Waals surface area (Å²) in [6.07, 6.45) is 3.46. The van der Waals surface area contributed by atoms with Gasteiger partial charge >= 0.3 is 0 Å². The second-order valence-electron chi connectivity index (χ2n) is 3.88. The number of carbonyl (C=O) groups excluding carboxylic acids is 1. The number of hydrogen-bond donors (Lipinski definition) is 2. The lowest BCUT2D eigenvalue weighted by Gasteiger charge is -2.33. The Morgan fingerprint density at radius 1 is 1.64 bits per heavy atom. The first-order chi connectivity index (χ1) is 6.68. The van der Waals surface area contributed by atoms with Gasteiger partial charge in [-0.05, 0) is 25.0 Å². The molecule has 1 heterocycles. The number of hydrogen-bond acceptors (Lipinski definition) is 2. The lowest BCUT2D eigenvalue weighted by Crippen LogP contribution is -2.45. The number of nitrogens with one attached hydrogen (secondary N) is 1. The number of aromatic amines is 1. The van der Waals surface area contributed by atoms with Gasteiger partial charge in [-0.1, -0.05) is 0 Å². The molecule has 76 valence electrons. The molecule has 1 amide bonds. The van der Waals surface area contributed by atoms with Crippen molar-refractivity contribution >= 4 is 11.7 Å². The number of rotatable bonds is 2. The molecule has 14 heavy (non-hydrogen) atoms. The van der Waals surface area contributed by atoms with Crippen LogP contribution in [-0.2, 0) is 4.79 Å². The van der Waals surface area contributed by atoms with E-state index in [9.17, 15) is 4.79 Å². The molecule has 4 nitrogen and oxygen atoms in total. The Morgan fingerprint density at radius 3 is 2.86 bits per heavy atom. The number of carbonyl (C=O) groups is 1. The number of nitrogens with two attached hydrogens (primary N) is 1. The molecule has 0 radical (unpaired) electrons. The molecule has 1 aliphatic carbocycles. The van der Waals surface area contributed by atoms with Crippen LogP contribution in [0.2, 0.25) is 0 Å². The molecule has 1 aromatic rings. The van der Waals surface area contributed by atoms with Crippen LogP contribution in [-0.4, -0.2) is 24.0 Å². The summed E-state index contributed by atoms with van der Waals surface area (Å²) in [4.78, 5) is 16.5. The number of nitrogens with zero attached hydrogens (tertiary/aromatic N) is 1. The van der Waals surface area contributed by atoms with Gasteiger partial charge in [-0.2, -0.15) is 0 Å². The normalized spacial score (nSPS) is 25.6. The van der Waals surface area contributed by atoms with Crippen LogP contribution in [0.25, 0.3) is 0 Å². The average Bonchev–Trinajstić information content (AvgIpc) is 2.63. The SMILES string of the molecule is CN(C(=O)C1CC(N)C1)c1ccc[nH]1. The smallest absolute Gasteiger partial charge is 0.231 e. The van der Waals surface area contributed by atoms with Crippen LogP contribution < -0.4 is 10.6 Å². The molecule has 0 spiro atoms. The third-order valence-electron chi connectivity index (χ3n) is 2.80. The minimum Gasteiger partial charge on any atom is -0.348 e. The third-order valence-corrected chi connectivity index (χ3v) is 2.80. The summed E-state index contributed by atoms with van der Waals surface area (Å²) >= 11 is 0. The Balaban J connectivity index is 1.99. The average molecular weight is 193 g/mol. The topological polar surface area (TPSA) is 62.1 Å². The van der Waals surface area contributed by atoms with E-state index >= 15 is 0 Å². The summed E-state index contributed by atoms with van der Waals surface area (Å²) in [5, 5.41) is 0. The van der Waals surface area contributed by atoms with Gasteiger partial charge in [0.1, 0.15) is 5.82 Å². The highest BCUT2D eigenvalue weighted by molar-refractivity contribution is 5.94. The first-order valence-corrected chi connectivity index (χ1v) is 4.85. The fourth-order valence-corrected chi connectivity index (χ4v) is 1.79. The quantitative estimate of drug-likeness (QED) is 0.726. The molecular weight excluding hydrogens is 178 g/mol. The predicted molar refractivity (Wildman–Crippen MR) is 54.9 cm³/mol. The zero-order valence-electron chi connectivity index (χ0n) is 8.23. The lowest BCUT2D eigenvalue weighted by molar-refractivity contribution is -0.124. The molecule has 0 unspecified atom stereocenters. The van der Waals surface area contributed by atoms with Gasteiger partial charge in [0.25, 0.3) is 0 Å². The number of aromatic nitrogens is 1. The molecule has 0 aliphatic heterocycles. The molecule has 1 aromatic heterocycles. The fourth-order valence-electron chi connectivity index (χ4n) is 1.79. The van der Waals surface area contributed by atoms with Crippen molar-refractivity contribution in [3.05, 3.63) is 18.3 Å². The van der Waals surface area contributed by atoms with E-state index in [-0.39, 0.29) is 17.9 Å². The molecule has 1 fully saturated rings. The van der Waals surface area contributed by atoms with E-state index in [0.29, 0.717) is 0 Å². The molecule has 0 aromatic carbocycles. The van der Waals surface area contributed by atoms with E-state index in [1.54, 1.807) is 11.9 Å². The third kappa shape index (κ3) is 1.53. The van der Waals surface area contributed by atoms with Crippen LogP contribution in [0.3, 0.4) is 0 Å². The van der Waals surface area contributed by atoms with Crippen molar-refractivity contribution in [1.29, 1.82) is 0 Å². The van der Waals surface area contributed by atoms with Gasteiger partial charge < -0.3 is 15.6 Å². The molecule has 0 bridgehead atoms. The Morgan fingerprint density at radius 2 is 2.36 bits per heavy atom. The van der Waals surface area contributed by atoms with Gasteiger partial charge in [0.05, 0.1) is 0 Å². The van der Waals surface area contributed by atoms with Crippen LogP contribution >= 0.6 is 0 Å². The van der Waals surface area contributed by atoms with Crippen molar-refractivity contribution < 1.29 is 4.79 Å². The van der Waals surface area contributed by atoms with Gasteiger partial charge in [-0.25, -0.2) is 0 Å². The molecule has 1 saturated carbocycles. The summed E-state index contributed by atoms with van der Waals surface area (Å²) in [6, 6.07) is 3.99. The Labute approximate surface area is 83.1 Å². The van der Waals surface area contributed by atoms with Gasteiger partial charge in [0.15, 0.2) is 0 Å². The van der Waals surface area contributed by atoms with Gasteiger partial charge in [0, 0.05) is 25.2 Å². The summed E-state index contributed by atoms with van der Waals surface area (Å²) in [5.41, 5.74) is 5.65. The van der Waals surface area contributed by atoms with E-state index in [1.165, 1.54) is 0 Å². The molecule has 0 saturated heterocycles. The van der Waals surface area contributed by atoms with Crippen molar-refractivity contribution in [2.75, 3.05) is 11.9 Å². The summed E-state index contributed by atoms with van der Waals surface area (Å²) in [7, 11) is 1.79. The summed E-state index contributed by atoms with van der Waals surface area (Å²) in [5.74, 6) is 1.13. The Bertz CT molecular complexity index is 314. The van der Waals surface area contributed by atoms with Crippen LogP contribution in [0.4, 0.5) is 5.82 Å². The maximum absolute atomic E-state index is 11.8. The van der Waals surface area contributed by atoms with Crippen molar-refractivity contribution in [3.63, 3.8) is 0 Å². The minimum absolute atomic E-state index is 0.123. The lowest BCUT2D eigenvalue weighted by atomic mass is 9.80. The van der Waals surface area contributed by atoms with E-state index < -0.39 is 0 Å².